The number of amides is 1. The molecule has 2 N–H and O–H groups in total. The molecule has 5 fully saturated rings. The van der Waals surface area contributed by atoms with Crippen LogP contribution in [0.3, 0.4) is 0 Å². The number of nitrogens with one attached hydrogen (secondary N) is 1. The van der Waals surface area contributed by atoms with Crippen molar-refractivity contribution in [1.29, 1.82) is 0 Å². The summed E-state index contributed by atoms with van der Waals surface area (Å²) in [6.07, 6.45) is 7.21. The maximum atomic E-state index is 13.2. The molecule has 1 amide bonds. The molecule has 7 heteroatoms. The lowest BCUT2D eigenvalue weighted by Gasteiger charge is -2.58. The minimum Gasteiger partial charge on any atom is -0.497 e. The summed E-state index contributed by atoms with van der Waals surface area (Å²) in [5.41, 5.74) is 1.21. The highest BCUT2D eigenvalue weighted by Gasteiger charge is 2.55. The van der Waals surface area contributed by atoms with Gasteiger partial charge in [0.2, 0.25) is 0 Å². The summed E-state index contributed by atoms with van der Waals surface area (Å²) in [5, 5.41) is 18.8. The van der Waals surface area contributed by atoms with E-state index in [0.29, 0.717) is 29.5 Å². The van der Waals surface area contributed by atoms with E-state index in [1.807, 2.05) is 29.9 Å². The van der Waals surface area contributed by atoms with Gasteiger partial charge in [-0.05, 0) is 80.4 Å². The van der Waals surface area contributed by atoms with Crippen molar-refractivity contribution in [3.05, 3.63) is 41.6 Å². The third kappa shape index (κ3) is 3.90. The van der Waals surface area contributed by atoms with Gasteiger partial charge in [-0.3, -0.25) is 9.48 Å². The van der Waals surface area contributed by atoms with Crippen LogP contribution < -0.4 is 15.0 Å². The molecule has 5 aliphatic carbocycles. The molecule has 0 spiro atoms. The molecule has 2 atom stereocenters. The van der Waals surface area contributed by atoms with Crippen LogP contribution in [0.25, 0.3) is 0 Å². The number of benzene rings is 1. The zero-order chi connectivity index (χ0) is 22.7. The lowest BCUT2D eigenvalue weighted by molar-refractivity contribution is -0.136. The predicted octanol–water partition coefficient (Wildman–Crippen LogP) is 3.27. The van der Waals surface area contributed by atoms with E-state index in [9.17, 15) is 9.90 Å². The molecule has 5 aliphatic rings. The highest BCUT2D eigenvalue weighted by Crippen LogP contribution is 2.55. The maximum absolute atomic E-state index is 13.2. The highest BCUT2D eigenvalue weighted by atomic mass is 16.5. The Hall–Kier alpha value is -2.54. The molecule has 176 valence electrons. The molecule has 0 aliphatic heterocycles. The van der Waals surface area contributed by atoms with Crippen LogP contribution in [0.1, 0.15) is 61.0 Å². The Morgan fingerprint density at radius 2 is 1.91 bits per heavy atom. The number of carbonyl (C=O) groups excluding carboxylic acids is 1. The fourth-order valence-electron chi connectivity index (χ4n) is 6.99. The van der Waals surface area contributed by atoms with E-state index < -0.39 is 5.60 Å². The van der Waals surface area contributed by atoms with Crippen LogP contribution in [-0.2, 0) is 13.6 Å². The van der Waals surface area contributed by atoms with E-state index in [1.54, 1.807) is 7.11 Å². The predicted molar refractivity (Wildman–Crippen MR) is 125 cm³/mol. The summed E-state index contributed by atoms with van der Waals surface area (Å²) in [5.74, 6) is 3.18. The van der Waals surface area contributed by atoms with E-state index in [1.165, 1.54) is 18.4 Å². The highest BCUT2D eigenvalue weighted by molar-refractivity contribution is 5.93. The second kappa shape index (κ2) is 7.76. The molecular weight excluding hydrogens is 416 g/mol. The summed E-state index contributed by atoms with van der Waals surface area (Å²) < 4.78 is 7.13. The zero-order valence-corrected chi connectivity index (χ0v) is 19.5. The molecule has 33 heavy (non-hydrogen) atoms. The quantitative estimate of drug-likeness (QED) is 0.677. The van der Waals surface area contributed by atoms with Gasteiger partial charge in [-0.1, -0.05) is 12.1 Å². The number of nitrogens with zero attached hydrogens (tertiary/aromatic N) is 3. The monoisotopic (exact) mass is 450 g/mol. The largest absolute Gasteiger partial charge is 0.497 e. The van der Waals surface area contributed by atoms with E-state index >= 15 is 0 Å². The number of ether oxygens (including phenoxy) is 1. The van der Waals surface area contributed by atoms with Crippen LogP contribution >= 0.6 is 0 Å². The van der Waals surface area contributed by atoms with Gasteiger partial charge in [0.1, 0.15) is 11.6 Å². The first-order chi connectivity index (χ1) is 15.9. The molecular formula is C26H34N4O3. The first-order valence-electron chi connectivity index (χ1n) is 12.4. The second-order valence-electron chi connectivity index (χ2n) is 10.9. The van der Waals surface area contributed by atoms with Crippen molar-refractivity contribution >= 4 is 11.7 Å². The average molecular weight is 451 g/mol. The zero-order valence-electron chi connectivity index (χ0n) is 19.5. The van der Waals surface area contributed by atoms with Crippen molar-refractivity contribution in [2.45, 2.75) is 69.2 Å². The van der Waals surface area contributed by atoms with Crippen LogP contribution in [0, 0.1) is 17.8 Å². The van der Waals surface area contributed by atoms with Gasteiger partial charge in [-0.15, -0.1) is 0 Å². The molecule has 1 aromatic carbocycles. The molecule has 1 heterocycles. The molecule has 0 radical (unpaired) electrons. The molecule has 7 rings (SSSR count). The van der Waals surface area contributed by atoms with Crippen molar-refractivity contribution in [2.75, 3.05) is 12.0 Å². The van der Waals surface area contributed by atoms with E-state index in [4.69, 9.17) is 4.74 Å². The maximum Gasteiger partial charge on any atom is 0.272 e. The molecule has 1 aromatic heterocycles. The first kappa shape index (κ1) is 21.0. The van der Waals surface area contributed by atoms with Gasteiger partial charge in [-0.25, -0.2) is 0 Å². The fourth-order valence-corrected chi connectivity index (χ4v) is 6.99. The Morgan fingerprint density at radius 3 is 2.52 bits per heavy atom. The number of hydrogen-bond donors (Lipinski definition) is 2. The third-order valence-electron chi connectivity index (χ3n) is 8.42. The Morgan fingerprint density at radius 1 is 1.21 bits per heavy atom. The molecule has 7 nitrogen and oxygen atoms in total. The lowest BCUT2D eigenvalue weighted by Crippen LogP contribution is -2.61. The molecule has 5 saturated carbocycles. The fraction of sp³-hybridized carbons (Fsp3) is 0.615. The van der Waals surface area contributed by atoms with E-state index in [2.05, 4.69) is 27.4 Å². The van der Waals surface area contributed by atoms with Crippen molar-refractivity contribution < 1.29 is 14.6 Å². The second-order valence-corrected chi connectivity index (χ2v) is 10.9. The Bertz CT molecular complexity index is 1030. The van der Waals surface area contributed by atoms with Gasteiger partial charge in [0.25, 0.3) is 5.91 Å². The van der Waals surface area contributed by atoms with Crippen LogP contribution in [-0.4, -0.2) is 45.6 Å². The van der Waals surface area contributed by atoms with Crippen LogP contribution in [0.2, 0.25) is 0 Å². The van der Waals surface area contributed by atoms with Crippen molar-refractivity contribution in [3.63, 3.8) is 0 Å². The van der Waals surface area contributed by atoms with E-state index in [-0.39, 0.29) is 11.9 Å². The molecule has 2 aromatic rings. The van der Waals surface area contributed by atoms with Gasteiger partial charge >= 0.3 is 0 Å². The number of rotatable bonds is 7. The number of anilines is 1. The average Bonchev–Trinajstić information content (AvgIpc) is 3.55. The summed E-state index contributed by atoms with van der Waals surface area (Å²) in [6.45, 7) is 0.780. The number of aromatic nitrogens is 2. The van der Waals surface area contributed by atoms with Crippen molar-refractivity contribution in [1.82, 2.24) is 15.1 Å². The molecule has 4 bridgehead atoms. The van der Waals surface area contributed by atoms with Crippen LogP contribution in [0.15, 0.2) is 30.3 Å². The molecule has 2 unspecified atom stereocenters. The van der Waals surface area contributed by atoms with Crippen molar-refractivity contribution in [2.24, 2.45) is 24.8 Å². The number of aliphatic hydroxyl groups is 1. The van der Waals surface area contributed by atoms with Gasteiger partial charge in [0, 0.05) is 31.7 Å². The topological polar surface area (TPSA) is 79.6 Å². The van der Waals surface area contributed by atoms with Crippen LogP contribution in [0.4, 0.5) is 5.82 Å². The van der Waals surface area contributed by atoms with Crippen LogP contribution in [0.5, 0.6) is 5.75 Å². The van der Waals surface area contributed by atoms with Gasteiger partial charge in [0.15, 0.2) is 5.69 Å². The number of methoxy groups -OCH3 is 1. The lowest BCUT2D eigenvalue weighted by atomic mass is 9.52. The minimum absolute atomic E-state index is 0.0819. The van der Waals surface area contributed by atoms with Gasteiger partial charge in [-0.2, -0.15) is 5.10 Å². The SMILES string of the molecule is COc1ccc(CN(c2cc(C(=O)NC3C4CC5CC3CC(O)(C5)C4)nn2C)C2CC2)cc1. The smallest absolute Gasteiger partial charge is 0.272 e. The Kier molecular flexibility index (Phi) is 4.94. The van der Waals surface area contributed by atoms with Crippen molar-refractivity contribution in [3.8, 4) is 5.75 Å². The first-order valence-corrected chi connectivity index (χ1v) is 12.4. The van der Waals surface area contributed by atoms with E-state index in [0.717, 1.165) is 50.2 Å². The molecule has 0 saturated heterocycles. The van der Waals surface area contributed by atoms with Gasteiger partial charge in [0.05, 0.1) is 12.7 Å². The minimum atomic E-state index is -0.484. The number of aryl methyl sites for hydroxylation is 1. The summed E-state index contributed by atoms with van der Waals surface area (Å²) in [4.78, 5) is 15.6. The number of carbonyl (C=O) groups is 1. The normalized spacial score (nSPS) is 32.1. The Balaban J connectivity index is 1.18. The third-order valence-corrected chi connectivity index (χ3v) is 8.42. The summed E-state index contributed by atoms with van der Waals surface area (Å²) >= 11 is 0. The Labute approximate surface area is 195 Å². The summed E-state index contributed by atoms with van der Waals surface area (Å²) in [6, 6.07) is 10.8. The number of hydrogen-bond acceptors (Lipinski definition) is 5. The summed E-state index contributed by atoms with van der Waals surface area (Å²) in [7, 11) is 3.60. The standard InChI is InChI=1S/C26H34N4O3/c1-29-23(30(20-5-6-20)15-16-3-7-21(33-2)8-4-16)11-22(28-29)25(31)27-24-18-9-17-10-19(24)14-26(32,12-17)13-18/h3-4,7-8,11,17-20,24,32H,5-6,9-10,12-15H2,1-2H3,(H,27,31). The van der Waals surface area contributed by atoms with Gasteiger partial charge < -0.3 is 20.1 Å².